The minimum Gasteiger partial charge on any atom is -0.497 e. The maximum atomic E-state index is 12.7. The fourth-order valence-corrected chi connectivity index (χ4v) is 3.41. The zero-order valence-electron chi connectivity index (χ0n) is 15.9. The Hall–Kier alpha value is -2.74. The van der Waals surface area contributed by atoms with Gasteiger partial charge in [-0.3, -0.25) is 9.10 Å². The van der Waals surface area contributed by atoms with Crippen molar-refractivity contribution in [1.82, 2.24) is 4.90 Å². The Labute approximate surface area is 160 Å². The largest absolute Gasteiger partial charge is 0.497 e. The summed E-state index contributed by atoms with van der Waals surface area (Å²) in [7, 11) is 0.832. The number of carbonyl (C=O) groups excluding carboxylic acids is 1. The summed E-state index contributed by atoms with van der Waals surface area (Å²) in [5, 5.41) is 0. The van der Waals surface area contributed by atoms with Gasteiger partial charge in [0.2, 0.25) is 15.9 Å². The van der Waals surface area contributed by atoms with E-state index in [1.54, 1.807) is 19.2 Å². The SMILES string of the molecule is COc1ccc(OC)c(N(CC(=O)N(C)Cc2ccccc2)S(C)(=O)=O)c1. The second-order valence-corrected chi connectivity index (χ2v) is 7.95. The van der Waals surface area contributed by atoms with Crippen LogP contribution in [0, 0.1) is 0 Å². The van der Waals surface area contributed by atoms with Gasteiger partial charge in [0.1, 0.15) is 18.0 Å². The number of ether oxygens (including phenoxy) is 2. The van der Waals surface area contributed by atoms with E-state index in [0.717, 1.165) is 16.1 Å². The third-order valence-corrected chi connectivity index (χ3v) is 5.15. The molecule has 2 aromatic carbocycles. The topological polar surface area (TPSA) is 76.2 Å². The Bertz CT molecular complexity index is 884. The van der Waals surface area contributed by atoms with Gasteiger partial charge < -0.3 is 14.4 Å². The van der Waals surface area contributed by atoms with Crippen LogP contribution in [-0.4, -0.2) is 53.3 Å². The quantitative estimate of drug-likeness (QED) is 0.688. The lowest BCUT2D eigenvalue weighted by atomic mass is 10.2. The highest BCUT2D eigenvalue weighted by molar-refractivity contribution is 7.92. The highest BCUT2D eigenvalue weighted by Crippen LogP contribution is 2.33. The zero-order chi connectivity index (χ0) is 20.0. The molecule has 0 saturated carbocycles. The molecule has 0 atom stereocenters. The summed E-state index contributed by atoms with van der Waals surface area (Å²) < 4.78 is 36.2. The van der Waals surface area contributed by atoms with Crippen LogP contribution in [0.2, 0.25) is 0 Å². The van der Waals surface area contributed by atoms with Crippen LogP contribution in [0.5, 0.6) is 11.5 Å². The van der Waals surface area contributed by atoms with E-state index in [1.807, 2.05) is 30.3 Å². The highest BCUT2D eigenvalue weighted by atomic mass is 32.2. The molecule has 0 spiro atoms. The van der Waals surface area contributed by atoms with Crippen LogP contribution in [0.15, 0.2) is 48.5 Å². The van der Waals surface area contributed by atoms with Crippen LogP contribution in [0.1, 0.15) is 5.56 Å². The van der Waals surface area contributed by atoms with Crippen molar-refractivity contribution in [2.75, 3.05) is 38.4 Å². The normalized spacial score (nSPS) is 11.0. The Morgan fingerprint density at radius 1 is 1.04 bits per heavy atom. The standard InChI is InChI=1S/C19H24N2O5S/c1-20(13-15-8-6-5-7-9-15)19(22)14-21(27(4,23)24)17-12-16(25-2)10-11-18(17)26-3/h5-12H,13-14H2,1-4H3. The van der Waals surface area contributed by atoms with Gasteiger partial charge in [-0.15, -0.1) is 0 Å². The maximum Gasteiger partial charge on any atom is 0.243 e. The number of methoxy groups -OCH3 is 2. The number of hydrogen-bond acceptors (Lipinski definition) is 5. The number of anilines is 1. The molecule has 0 fully saturated rings. The van der Waals surface area contributed by atoms with E-state index in [1.165, 1.54) is 25.2 Å². The molecule has 0 unspecified atom stereocenters. The summed E-state index contributed by atoms with van der Waals surface area (Å²) in [5.41, 5.74) is 1.21. The lowest BCUT2D eigenvalue weighted by Gasteiger charge is -2.26. The van der Waals surface area contributed by atoms with E-state index in [4.69, 9.17) is 9.47 Å². The number of rotatable bonds is 8. The molecular weight excluding hydrogens is 368 g/mol. The van der Waals surface area contributed by atoms with Gasteiger partial charge in [0, 0.05) is 19.7 Å². The molecule has 146 valence electrons. The van der Waals surface area contributed by atoms with Crippen molar-refractivity contribution in [3.8, 4) is 11.5 Å². The van der Waals surface area contributed by atoms with E-state index in [-0.39, 0.29) is 18.1 Å². The molecule has 0 bridgehead atoms. The fraction of sp³-hybridized carbons (Fsp3) is 0.316. The van der Waals surface area contributed by atoms with Gasteiger partial charge in [-0.1, -0.05) is 30.3 Å². The average Bonchev–Trinajstić information content (AvgIpc) is 2.65. The van der Waals surface area contributed by atoms with Crippen LogP contribution >= 0.6 is 0 Å². The van der Waals surface area contributed by atoms with Gasteiger partial charge in [-0.25, -0.2) is 8.42 Å². The van der Waals surface area contributed by atoms with Crippen molar-refractivity contribution in [1.29, 1.82) is 0 Å². The number of hydrogen-bond donors (Lipinski definition) is 0. The molecule has 0 aromatic heterocycles. The number of benzene rings is 2. The van der Waals surface area contributed by atoms with Crippen molar-refractivity contribution in [3.05, 3.63) is 54.1 Å². The third-order valence-electron chi connectivity index (χ3n) is 4.02. The zero-order valence-corrected chi connectivity index (χ0v) is 16.7. The highest BCUT2D eigenvalue weighted by Gasteiger charge is 2.26. The summed E-state index contributed by atoms with van der Waals surface area (Å²) in [6.07, 6.45) is 1.05. The molecule has 2 rings (SSSR count). The minimum atomic E-state index is -3.73. The predicted octanol–water partition coefficient (Wildman–Crippen LogP) is 2.13. The Balaban J connectivity index is 2.29. The van der Waals surface area contributed by atoms with Crippen molar-refractivity contribution in [2.45, 2.75) is 6.54 Å². The first-order valence-corrected chi connectivity index (χ1v) is 10.1. The number of likely N-dealkylation sites (N-methyl/N-ethyl adjacent to an activating group) is 1. The van der Waals surface area contributed by atoms with Gasteiger partial charge in [-0.05, 0) is 17.7 Å². The molecular formula is C19H24N2O5S. The summed E-state index contributed by atoms with van der Waals surface area (Å²) in [4.78, 5) is 14.2. The lowest BCUT2D eigenvalue weighted by Crippen LogP contribution is -2.41. The average molecular weight is 392 g/mol. The molecule has 0 saturated heterocycles. The van der Waals surface area contributed by atoms with Crippen LogP contribution in [-0.2, 0) is 21.4 Å². The first kappa shape index (κ1) is 20.6. The first-order valence-electron chi connectivity index (χ1n) is 8.24. The van der Waals surface area contributed by atoms with Crippen molar-refractivity contribution in [3.63, 3.8) is 0 Å². The molecule has 8 heteroatoms. The lowest BCUT2D eigenvalue weighted by molar-refractivity contribution is -0.128. The second kappa shape index (κ2) is 8.77. The summed E-state index contributed by atoms with van der Waals surface area (Å²) in [6.45, 7) is 0.0399. The van der Waals surface area contributed by atoms with E-state index < -0.39 is 10.0 Å². The summed E-state index contributed by atoms with van der Waals surface area (Å²) >= 11 is 0. The smallest absolute Gasteiger partial charge is 0.243 e. The van der Waals surface area contributed by atoms with Crippen LogP contribution in [0.25, 0.3) is 0 Å². The molecule has 27 heavy (non-hydrogen) atoms. The van der Waals surface area contributed by atoms with Crippen molar-refractivity contribution in [2.24, 2.45) is 0 Å². The van der Waals surface area contributed by atoms with E-state index in [2.05, 4.69) is 0 Å². The monoisotopic (exact) mass is 392 g/mol. The van der Waals surface area contributed by atoms with Gasteiger partial charge in [-0.2, -0.15) is 0 Å². The maximum absolute atomic E-state index is 12.7. The van der Waals surface area contributed by atoms with E-state index in [9.17, 15) is 13.2 Å². The molecule has 0 N–H and O–H groups in total. The molecule has 0 aliphatic heterocycles. The number of nitrogens with zero attached hydrogens (tertiary/aromatic N) is 2. The van der Waals surface area contributed by atoms with Crippen molar-refractivity contribution >= 4 is 21.6 Å². The van der Waals surface area contributed by atoms with E-state index >= 15 is 0 Å². The predicted molar refractivity (Wildman–Crippen MR) is 105 cm³/mol. The Morgan fingerprint density at radius 3 is 2.26 bits per heavy atom. The molecule has 0 aliphatic carbocycles. The van der Waals surface area contributed by atoms with Gasteiger partial charge >= 0.3 is 0 Å². The molecule has 7 nitrogen and oxygen atoms in total. The minimum absolute atomic E-state index is 0.251. The van der Waals surface area contributed by atoms with Crippen molar-refractivity contribution < 1.29 is 22.7 Å². The Morgan fingerprint density at radius 2 is 1.70 bits per heavy atom. The molecule has 1 amide bonds. The second-order valence-electron chi connectivity index (χ2n) is 6.04. The molecule has 2 aromatic rings. The van der Waals surface area contributed by atoms with Gasteiger partial charge in [0.25, 0.3) is 0 Å². The summed E-state index contributed by atoms with van der Waals surface area (Å²) in [5.74, 6) is 0.457. The number of sulfonamides is 1. The van der Waals surface area contributed by atoms with Gasteiger partial charge in [0.05, 0.1) is 26.2 Å². The molecule has 0 heterocycles. The van der Waals surface area contributed by atoms with Gasteiger partial charge in [0.15, 0.2) is 0 Å². The van der Waals surface area contributed by atoms with Crippen LogP contribution < -0.4 is 13.8 Å². The van der Waals surface area contributed by atoms with Crippen LogP contribution in [0.4, 0.5) is 5.69 Å². The Kier molecular flexibility index (Phi) is 6.68. The molecule has 0 aliphatic rings. The number of carbonyl (C=O) groups is 1. The third kappa shape index (κ3) is 5.37. The summed E-state index contributed by atoms with van der Waals surface area (Å²) in [6, 6.07) is 14.3. The molecule has 0 radical (unpaired) electrons. The number of amides is 1. The first-order chi connectivity index (χ1) is 12.8. The van der Waals surface area contributed by atoms with E-state index in [0.29, 0.717) is 18.0 Å². The fourth-order valence-electron chi connectivity index (χ4n) is 2.56. The van der Waals surface area contributed by atoms with Crippen LogP contribution in [0.3, 0.4) is 0 Å².